The van der Waals surface area contributed by atoms with E-state index in [1.165, 1.54) is 7.05 Å². The molecule has 3 nitrogen and oxygen atoms in total. The molecule has 0 aliphatic carbocycles. The van der Waals surface area contributed by atoms with Crippen molar-refractivity contribution in [3.05, 3.63) is 35.1 Å². The first-order valence-corrected chi connectivity index (χ1v) is 5.55. The Labute approximate surface area is 103 Å². The van der Waals surface area contributed by atoms with Crippen molar-refractivity contribution in [2.24, 2.45) is 0 Å². The maximum Gasteiger partial charge on any atom is 0.314 e. The van der Waals surface area contributed by atoms with Gasteiger partial charge in [0.1, 0.15) is 17.5 Å². The Morgan fingerprint density at radius 2 is 1.83 bits per heavy atom. The fraction of sp³-hybridized carbons (Fsp3) is 0.417. The number of hydrogen-bond donors (Lipinski definition) is 2. The quantitative estimate of drug-likeness (QED) is 0.858. The number of amides is 2. The van der Waals surface area contributed by atoms with Gasteiger partial charge in [0.15, 0.2) is 0 Å². The summed E-state index contributed by atoms with van der Waals surface area (Å²) >= 11 is 0. The summed E-state index contributed by atoms with van der Waals surface area (Å²) in [7, 11) is 1.47. The molecule has 2 amide bonds. The summed E-state index contributed by atoms with van der Waals surface area (Å²) in [6.45, 7) is 1.89. The lowest BCUT2D eigenvalue weighted by molar-refractivity contribution is 0.242. The van der Waals surface area contributed by atoms with Gasteiger partial charge in [-0.25, -0.2) is 18.0 Å². The highest BCUT2D eigenvalue weighted by molar-refractivity contribution is 5.73. The van der Waals surface area contributed by atoms with E-state index in [9.17, 15) is 18.0 Å². The van der Waals surface area contributed by atoms with Crippen molar-refractivity contribution >= 4 is 6.03 Å². The molecule has 0 bridgehead atoms. The normalized spacial score (nSPS) is 12.1. The monoisotopic (exact) mass is 260 g/mol. The molecule has 0 spiro atoms. The largest absolute Gasteiger partial charge is 0.341 e. The van der Waals surface area contributed by atoms with Crippen LogP contribution in [0, 0.1) is 17.5 Å². The second-order valence-corrected chi connectivity index (χ2v) is 3.98. The zero-order valence-electron chi connectivity index (χ0n) is 10.2. The molecule has 0 saturated carbocycles. The van der Waals surface area contributed by atoms with Crippen molar-refractivity contribution < 1.29 is 18.0 Å². The van der Waals surface area contributed by atoms with Crippen LogP contribution in [0.5, 0.6) is 0 Å². The van der Waals surface area contributed by atoms with Crippen LogP contribution in [0.3, 0.4) is 0 Å². The van der Waals surface area contributed by atoms with Crippen LogP contribution in [-0.4, -0.2) is 19.6 Å². The van der Waals surface area contributed by atoms with Crippen molar-refractivity contribution in [2.45, 2.75) is 19.3 Å². The van der Waals surface area contributed by atoms with E-state index < -0.39 is 23.4 Å². The third kappa shape index (κ3) is 3.65. The van der Waals surface area contributed by atoms with Crippen LogP contribution in [0.15, 0.2) is 12.1 Å². The van der Waals surface area contributed by atoms with Crippen LogP contribution in [0.4, 0.5) is 18.0 Å². The second kappa shape index (κ2) is 6.28. The third-order valence-electron chi connectivity index (χ3n) is 2.63. The van der Waals surface area contributed by atoms with Crippen molar-refractivity contribution in [1.29, 1.82) is 0 Å². The van der Waals surface area contributed by atoms with E-state index >= 15 is 0 Å². The minimum Gasteiger partial charge on any atom is -0.341 e. The lowest BCUT2D eigenvalue weighted by Gasteiger charge is -2.14. The Morgan fingerprint density at radius 3 is 2.33 bits per heavy atom. The molecule has 1 rings (SSSR count). The second-order valence-electron chi connectivity index (χ2n) is 3.98. The van der Waals surface area contributed by atoms with Gasteiger partial charge in [-0.05, 0) is 12.3 Å². The summed E-state index contributed by atoms with van der Waals surface area (Å²) in [6, 6.07) is 0.949. The summed E-state index contributed by atoms with van der Waals surface area (Å²) in [5, 5.41) is 4.88. The number of halogens is 3. The molecule has 2 N–H and O–H groups in total. The number of carbonyl (C=O) groups excluding carboxylic acids is 1. The maximum absolute atomic E-state index is 13.4. The molecule has 1 unspecified atom stereocenters. The fourth-order valence-corrected chi connectivity index (χ4v) is 1.66. The molecule has 0 radical (unpaired) electrons. The average Bonchev–Trinajstić information content (AvgIpc) is 2.27. The highest BCUT2D eigenvalue weighted by atomic mass is 19.1. The summed E-state index contributed by atoms with van der Waals surface area (Å²) in [6.07, 6.45) is 0.354. The highest BCUT2D eigenvalue weighted by Crippen LogP contribution is 2.25. The Kier molecular flexibility index (Phi) is 5.00. The number of nitrogens with one attached hydrogen (secondary N) is 2. The molecule has 0 fully saturated rings. The van der Waals surface area contributed by atoms with Crippen LogP contribution in [-0.2, 0) is 0 Å². The van der Waals surface area contributed by atoms with Gasteiger partial charge < -0.3 is 10.6 Å². The molecular weight excluding hydrogens is 245 g/mol. The topological polar surface area (TPSA) is 41.1 Å². The van der Waals surface area contributed by atoms with Crippen molar-refractivity contribution in [3.8, 4) is 0 Å². The van der Waals surface area contributed by atoms with Gasteiger partial charge >= 0.3 is 6.03 Å². The molecule has 0 aromatic heterocycles. The van der Waals surface area contributed by atoms with Crippen LogP contribution < -0.4 is 10.6 Å². The molecule has 6 heteroatoms. The van der Waals surface area contributed by atoms with Crippen molar-refractivity contribution in [3.63, 3.8) is 0 Å². The van der Waals surface area contributed by atoms with Crippen LogP contribution in [0.25, 0.3) is 0 Å². The lowest BCUT2D eigenvalue weighted by atomic mass is 9.96. The summed E-state index contributed by atoms with van der Waals surface area (Å²) in [5.41, 5.74) is -0.157. The third-order valence-corrected chi connectivity index (χ3v) is 2.63. The van der Waals surface area contributed by atoms with Gasteiger partial charge in [-0.3, -0.25) is 0 Å². The van der Waals surface area contributed by atoms with Crippen molar-refractivity contribution in [1.82, 2.24) is 10.6 Å². The summed E-state index contributed by atoms with van der Waals surface area (Å²) in [4.78, 5) is 10.9. The Balaban J connectivity index is 2.67. The van der Waals surface area contributed by atoms with E-state index in [1.54, 1.807) is 6.92 Å². The van der Waals surface area contributed by atoms with E-state index in [1.807, 2.05) is 0 Å². The van der Waals surface area contributed by atoms with E-state index in [0.717, 1.165) is 0 Å². The first kappa shape index (κ1) is 14.3. The zero-order valence-corrected chi connectivity index (χ0v) is 10.2. The lowest BCUT2D eigenvalue weighted by Crippen LogP contribution is -2.33. The van der Waals surface area contributed by atoms with E-state index in [2.05, 4.69) is 10.6 Å². The highest BCUT2D eigenvalue weighted by Gasteiger charge is 2.17. The van der Waals surface area contributed by atoms with Gasteiger partial charge in [0.25, 0.3) is 0 Å². The van der Waals surface area contributed by atoms with E-state index in [-0.39, 0.29) is 18.1 Å². The average molecular weight is 260 g/mol. The minimum absolute atomic E-state index is 0.157. The SMILES string of the molecule is CNC(=O)NCCC(C)c1c(F)cc(F)cc1F. The Bertz CT molecular complexity index is 414. The number of benzene rings is 1. The molecule has 1 aromatic rings. The van der Waals surface area contributed by atoms with E-state index in [4.69, 9.17) is 0 Å². The molecular formula is C12H15F3N2O. The zero-order chi connectivity index (χ0) is 13.7. The molecule has 0 aliphatic heterocycles. The van der Waals surface area contributed by atoms with Gasteiger partial charge in [0.05, 0.1) is 0 Å². The molecule has 0 aliphatic rings. The van der Waals surface area contributed by atoms with Gasteiger partial charge in [0.2, 0.25) is 0 Å². The first-order chi connectivity index (χ1) is 8.45. The maximum atomic E-state index is 13.4. The van der Waals surface area contributed by atoms with Gasteiger partial charge in [0, 0.05) is 31.3 Å². The molecule has 1 aromatic carbocycles. The summed E-state index contributed by atoms with van der Waals surface area (Å²) in [5.74, 6) is -3.20. The Morgan fingerprint density at radius 1 is 1.28 bits per heavy atom. The van der Waals surface area contributed by atoms with Gasteiger partial charge in [-0.2, -0.15) is 0 Å². The minimum atomic E-state index is -0.940. The van der Waals surface area contributed by atoms with Crippen LogP contribution >= 0.6 is 0 Å². The number of hydrogen-bond acceptors (Lipinski definition) is 1. The molecule has 18 heavy (non-hydrogen) atoms. The number of rotatable bonds is 4. The standard InChI is InChI=1S/C12H15F3N2O/c1-7(3-4-17-12(18)16-2)11-9(14)5-8(13)6-10(11)15/h5-7H,3-4H2,1-2H3,(H2,16,17,18). The fourth-order valence-electron chi connectivity index (χ4n) is 1.66. The van der Waals surface area contributed by atoms with Crippen molar-refractivity contribution in [2.75, 3.05) is 13.6 Å². The molecule has 0 heterocycles. The smallest absolute Gasteiger partial charge is 0.314 e. The number of urea groups is 1. The first-order valence-electron chi connectivity index (χ1n) is 5.55. The van der Waals surface area contributed by atoms with Gasteiger partial charge in [-0.1, -0.05) is 6.92 Å². The van der Waals surface area contributed by atoms with E-state index in [0.29, 0.717) is 18.6 Å². The van der Waals surface area contributed by atoms with Crippen LogP contribution in [0.1, 0.15) is 24.8 Å². The molecule has 1 atom stereocenters. The summed E-state index contributed by atoms with van der Waals surface area (Å²) < 4.78 is 39.6. The Hall–Kier alpha value is -1.72. The predicted molar refractivity (Wildman–Crippen MR) is 61.8 cm³/mol. The molecule has 0 saturated heterocycles. The number of carbonyl (C=O) groups is 1. The van der Waals surface area contributed by atoms with Crippen LogP contribution in [0.2, 0.25) is 0 Å². The predicted octanol–water partition coefficient (Wildman–Crippen LogP) is 2.53. The van der Waals surface area contributed by atoms with Gasteiger partial charge in [-0.15, -0.1) is 0 Å². The molecule has 100 valence electrons.